The average molecular weight is 159 g/mol. The first kappa shape index (κ1) is 8.98. The highest BCUT2D eigenvalue weighted by molar-refractivity contribution is 4.93. The van der Waals surface area contributed by atoms with Crippen LogP contribution in [0.5, 0.6) is 0 Å². The van der Waals surface area contributed by atoms with E-state index in [1.807, 2.05) is 0 Å². The summed E-state index contributed by atoms with van der Waals surface area (Å²) in [6.45, 7) is 9.35. The lowest BCUT2D eigenvalue weighted by atomic mass is 9.73. The maximum absolute atomic E-state index is 11.9. The lowest BCUT2D eigenvalue weighted by Gasteiger charge is -2.50. The molecule has 1 aliphatic rings. The van der Waals surface area contributed by atoms with E-state index in [0.717, 1.165) is 19.0 Å². The third-order valence-corrected chi connectivity index (χ3v) is 2.96. The van der Waals surface area contributed by atoms with Crippen molar-refractivity contribution >= 4 is 0 Å². The van der Waals surface area contributed by atoms with Gasteiger partial charge in [0.25, 0.3) is 0 Å². The van der Waals surface area contributed by atoms with Gasteiger partial charge in [-0.1, -0.05) is 20.8 Å². The van der Waals surface area contributed by atoms with Gasteiger partial charge in [-0.05, 0) is 11.3 Å². The Balaban J connectivity index is 2.26. The molecule has 66 valence electrons. The summed E-state index contributed by atoms with van der Waals surface area (Å²) in [6, 6.07) is 0. The first-order chi connectivity index (χ1) is 5.08. The van der Waals surface area contributed by atoms with Crippen LogP contribution in [0.1, 0.15) is 20.8 Å². The number of nitrogens with zero attached hydrogens (tertiary/aromatic N) is 1. The molecule has 0 aromatic rings. The van der Waals surface area contributed by atoms with Crippen LogP contribution in [0, 0.1) is 11.3 Å². The molecule has 0 spiro atoms. The largest absolute Gasteiger partial charge is 0.300 e. The predicted octanol–water partition coefficient (Wildman–Crippen LogP) is 1.93. The van der Waals surface area contributed by atoms with Gasteiger partial charge in [0, 0.05) is 19.6 Å². The second-order valence-electron chi connectivity index (χ2n) is 4.21. The zero-order valence-corrected chi connectivity index (χ0v) is 7.73. The van der Waals surface area contributed by atoms with Crippen molar-refractivity contribution in [3.05, 3.63) is 0 Å². The lowest BCUT2D eigenvalue weighted by molar-refractivity contribution is -0.0231. The van der Waals surface area contributed by atoms with Crippen molar-refractivity contribution in [3.63, 3.8) is 0 Å². The Bertz CT molecular complexity index is 128. The summed E-state index contributed by atoms with van der Waals surface area (Å²) in [7, 11) is 0. The number of hydrogen-bond acceptors (Lipinski definition) is 1. The summed E-state index contributed by atoms with van der Waals surface area (Å²) >= 11 is 0. The van der Waals surface area contributed by atoms with Gasteiger partial charge >= 0.3 is 0 Å². The molecule has 1 heterocycles. The van der Waals surface area contributed by atoms with E-state index in [2.05, 4.69) is 25.7 Å². The van der Waals surface area contributed by atoms with Crippen LogP contribution < -0.4 is 0 Å². The Morgan fingerprint density at radius 2 is 2.00 bits per heavy atom. The fraction of sp³-hybridized carbons (Fsp3) is 1.00. The number of alkyl halides is 1. The highest BCUT2D eigenvalue weighted by Gasteiger charge is 2.40. The summed E-state index contributed by atoms with van der Waals surface area (Å²) in [5.41, 5.74) is 0.454. The van der Waals surface area contributed by atoms with E-state index in [0.29, 0.717) is 12.0 Å². The van der Waals surface area contributed by atoms with Gasteiger partial charge in [-0.25, -0.2) is 4.39 Å². The van der Waals surface area contributed by atoms with Crippen LogP contribution in [0.2, 0.25) is 0 Å². The standard InChI is InChI=1S/C9H18FN/c1-8(2)9(3)6-11(7-9)5-4-10/h8H,4-7H2,1-3H3. The topological polar surface area (TPSA) is 3.24 Å². The molecule has 0 amide bonds. The van der Waals surface area contributed by atoms with Gasteiger partial charge in [0.1, 0.15) is 6.67 Å². The van der Waals surface area contributed by atoms with Crippen LogP contribution in [0.4, 0.5) is 4.39 Å². The molecule has 1 fully saturated rings. The number of likely N-dealkylation sites (tertiary alicyclic amines) is 1. The molecule has 0 atom stereocenters. The minimum atomic E-state index is -0.200. The third-order valence-electron chi connectivity index (χ3n) is 2.96. The van der Waals surface area contributed by atoms with Crippen molar-refractivity contribution in [3.8, 4) is 0 Å². The van der Waals surface area contributed by atoms with Gasteiger partial charge < -0.3 is 0 Å². The molecule has 0 unspecified atom stereocenters. The van der Waals surface area contributed by atoms with Gasteiger partial charge in [-0.2, -0.15) is 0 Å². The highest BCUT2D eigenvalue weighted by Crippen LogP contribution is 2.36. The lowest BCUT2D eigenvalue weighted by Crippen LogP contribution is -2.57. The smallest absolute Gasteiger partial charge is 0.102 e. The molecule has 0 aliphatic carbocycles. The molecule has 11 heavy (non-hydrogen) atoms. The van der Waals surface area contributed by atoms with E-state index < -0.39 is 0 Å². The van der Waals surface area contributed by atoms with Crippen molar-refractivity contribution in [2.24, 2.45) is 11.3 Å². The van der Waals surface area contributed by atoms with Crippen molar-refractivity contribution in [1.29, 1.82) is 0 Å². The fourth-order valence-electron chi connectivity index (χ4n) is 1.62. The molecule has 0 saturated carbocycles. The van der Waals surface area contributed by atoms with Gasteiger partial charge in [0.15, 0.2) is 0 Å². The summed E-state index contributed by atoms with van der Waals surface area (Å²) < 4.78 is 11.9. The van der Waals surface area contributed by atoms with E-state index >= 15 is 0 Å². The molecule has 0 aromatic carbocycles. The van der Waals surface area contributed by atoms with Crippen LogP contribution in [-0.2, 0) is 0 Å². The molecule has 0 radical (unpaired) electrons. The number of halogens is 1. The normalized spacial score (nSPS) is 23.7. The van der Waals surface area contributed by atoms with Crippen LogP contribution in [0.25, 0.3) is 0 Å². The van der Waals surface area contributed by atoms with Gasteiger partial charge in [0.05, 0.1) is 0 Å². The van der Waals surface area contributed by atoms with Gasteiger partial charge in [0.2, 0.25) is 0 Å². The first-order valence-corrected chi connectivity index (χ1v) is 4.37. The number of rotatable bonds is 3. The van der Waals surface area contributed by atoms with E-state index in [-0.39, 0.29) is 6.67 Å². The Hall–Kier alpha value is -0.110. The molecule has 1 saturated heterocycles. The Kier molecular flexibility index (Phi) is 2.53. The minimum absolute atomic E-state index is 0.200. The van der Waals surface area contributed by atoms with Gasteiger partial charge in [-0.3, -0.25) is 4.90 Å². The van der Waals surface area contributed by atoms with E-state index in [1.54, 1.807) is 0 Å². The maximum Gasteiger partial charge on any atom is 0.102 e. The zero-order valence-electron chi connectivity index (χ0n) is 7.73. The highest BCUT2D eigenvalue weighted by atomic mass is 19.1. The van der Waals surface area contributed by atoms with Crippen molar-refractivity contribution < 1.29 is 4.39 Å². The monoisotopic (exact) mass is 159 g/mol. The van der Waals surface area contributed by atoms with Crippen LogP contribution in [0.3, 0.4) is 0 Å². The predicted molar refractivity (Wildman–Crippen MR) is 45.4 cm³/mol. The van der Waals surface area contributed by atoms with E-state index in [1.165, 1.54) is 0 Å². The summed E-state index contributed by atoms with van der Waals surface area (Å²) in [5.74, 6) is 0.721. The molecule has 0 aromatic heterocycles. The molecule has 1 aliphatic heterocycles. The van der Waals surface area contributed by atoms with E-state index in [9.17, 15) is 4.39 Å². The quantitative estimate of drug-likeness (QED) is 0.608. The molecule has 2 heteroatoms. The summed E-state index contributed by atoms with van der Waals surface area (Å²) in [6.07, 6.45) is 0. The SMILES string of the molecule is CC(C)C1(C)CN(CCF)C1. The molecular weight excluding hydrogens is 141 g/mol. The van der Waals surface area contributed by atoms with Crippen LogP contribution >= 0.6 is 0 Å². The van der Waals surface area contributed by atoms with Crippen molar-refractivity contribution in [1.82, 2.24) is 4.90 Å². The zero-order chi connectivity index (χ0) is 8.48. The Morgan fingerprint density at radius 1 is 1.45 bits per heavy atom. The van der Waals surface area contributed by atoms with Gasteiger partial charge in [-0.15, -0.1) is 0 Å². The second kappa shape index (κ2) is 3.10. The second-order valence-corrected chi connectivity index (χ2v) is 4.21. The summed E-state index contributed by atoms with van der Waals surface area (Å²) in [4.78, 5) is 2.18. The van der Waals surface area contributed by atoms with Crippen molar-refractivity contribution in [2.45, 2.75) is 20.8 Å². The van der Waals surface area contributed by atoms with Crippen LogP contribution in [0.15, 0.2) is 0 Å². The average Bonchev–Trinajstić information content (AvgIpc) is 1.84. The molecule has 0 N–H and O–H groups in total. The van der Waals surface area contributed by atoms with E-state index in [4.69, 9.17) is 0 Å². The molecular formula is C9H18FN. The van der Waals surface area contributed by atoms with Crippen molar-refractivity contribution in [2.75, 3.05) is 26.3 Å². The Morgan fingerprint density at radius 3 is 2.36 bits per heavy atom. The van der Waals surface area contributed by atoms with Crippen LogP contribution in [-0.4, -0.2) is 31.2 Å². The third kappa shape index (κ3) is 1.73. The molecule has 1 rings (SSSR count). The molecule has 1 nitrogen and oxygen atoms in total. The minimum Gasteiger partial charge on any atom is -0.300 e. The molecule has 0 bridgehead atoms. The number of hydrogen-bond donors (Lipinski definition) is 0. The fourth-order valence-corrected chi connectivity index (χ4v) is 1.62. The maximum atomic E-state index is 11.9. The first-order valence-electron chi connectivity index (χ1n) is 4.37. The Labute approximate surface area is 68.6 Å². The summed E-state index contributed by atoms with van der Waals surface area (Å²) in [5, 5.41) is 0.